The number of anilines is 2. The van der Waals surface area contributed by atoms with Crippen LogP contribution in [-0.4, -0.2) is 41.3 Å². The van der Waals surface area contributed by atoms with Gasteiger partial charge < -0.3 is 14.6 Å². The van der Waals surface area contributed by atoms with E-state index in [1.165, 1.54) is 22.1 Å². The summed E-state index contributed by atoms with van der Waals surface area (Å²) in [7, 11) is -1.86. The molecule has 0 saturated carbocycles. The molecule has 0 atom stereocenters. The largest absolute Gasteiger partial charge is 0.491 e. The normalized spacial score (nSPS) is 11.5. The van der Waals surface area contributed by atoms with Gasteiger partial charge in [-0.2, -0.15) is 0 Å². The number of carbonyl (C=O) groups is 1. The summed E-state index contributed by atoms with van der Waals surface area (Å²) in [5.74, 6) is 0.867. The zero-order chi connectivity index (χ0) is 23.3. The third kappa shape index (κ3) is 6.30. The maximum Gasteiger partial charge on any atom is 0.325 e. The van der Waals surface area contributed by atoms with Crippen LogP contribution in [0.5, 0.6) is 5.75 Å². The van der Waals surface area contributed by atoms with E-state index < -0.39 is 15.9 Å². The van der Waals surface area contributed by atoms with Gasteiger partial charge in [0.2, 0.25) is 15.0 Å². The Bertz CT molecular complexity index is 1180. The molecule has 2 N–H and O–H groups in total. The minimum absolute atomic E-state index is 0.0355. The van der Waals surface area contributed by atoms with Crippen molar-refractivity contribution in [2.75, 3.05) is 23.0 Å². The monoisotopic (exact) mass is 477 g/mol. The molecular formula is C21H27N5O4S2. The third-order valence-corrected chi connectivity index (χ3v) is 7.07. The molecule has 3 rings (SSSR count). The van der Waals surface area contributed by atoms with E-state index in [0.717, 1.165) is 10.4 Å². The van der Waals surface area contributed by atoms with Crippen LogP contribution in [0, 0.1) is 12.8 Å². The van der Waals surface area contributed by atoms with Crippen molar-refractivity contribution in [1.82, 2.24) is 14.5 Å². The van der Waals surface area contributed by atoms with Crippen molar-refractivity contribution in [2.24, 2.45) is 13.0 Å². The molecule has 0 spiro atoms. The van der Waals surface area contributed by atoms with E-state index in [1.807, 2.05) is 19.1 Å². The molecule has 0 aliphatic heterocycles. The van der Waals surface area contributed by atoms with Crippen molar-refractivity contribution in [3.63, 3.8) is 0 Å². The number of rotatable bonds is 9. The van der Waals surface area contributed by atoms with E-state index in [9.17, 15) is 13.2 Å². The number of urea groups is 1. The summed E-state index contributed by atoms with van der Waals surface area (Å²) < 4.78 is 32.2. The number of nitrogens with one attached hydrogen (secondary N) is 2. The van der Waals surface area contributed by atoms with Gasteiger partial charge in [0.1, 0.15) is 5.75 Å². The molecule has 0 aliphatic carbocycles. The van der Waals surface area contributed by atoms with Gasteiger partial charge in [-0.3, -0.25) is 5.32 Å². The topological polar surface area (TPSA) is 115 Å². The minimum Gasteiger partial charge on any atom is -0.491 e. The second-order valence-corrected chi connectivity index (χ2v) is 10.9. The molecule has 2 aromatic heterocycles. The Morgan fingerprint density at radius 2 is 2.03 bits per heavy atom. The Morgan fingerprint density at radius 3 is 2.72 bits per heavy atom. The Morgan fingerprint density at radius 1 is 1.25 bits per heavy atom. The van der Waals surface area contributed by atoms with Crippen molar-refractivity contribution in [1.29, 1.82) is 0 Å². The summed E-state index contributed by atoms with van der Waals surface area (Å²) in [5, 5.41) is 5.89. The molecule has 2 heterocycles. The number of sulfone groups is 1. The zero-order valence-electron chi connectivity index (χ0n) is 18.5. The third-order valence-electron chi connectivity index (χ3n) is 4.40. The first kappa shape index (κ1) is 23.7. The van der Waals surface area contributed by atoms with E-state index in [1.54, 1.807) is 25.5 Å². The molecule has 0 unspecified atom stereocenters. The minimum atomic E-state index is -3.50. The molecule has 0 aliphatic rings. The van der Waals surface area contributed by atoms with Crippen LogP contribution in [0.3, 0.4) is 0 Å². The highest BCUT2D eigenvalue weighted by Gasteiger charge is 2.20. The molecular weight excluding hydrogens is 450 g/mol. The lowest BCUT2D eigenvalue weighted by molar-refractivity contribution is 0.260. The molecule has 9 nitrogen and oxygen atoms in total. The average Bonchev–Trinajstić information content (AvgIpc) is 3.35. The number of thiazole rings is 1. The summed E-state index contributed by atoms with van der Waals surface area (Å²) in [6.07, 6.45) is 4.89. The van der Waals surface area contributed by atoms with E-state index in [2.05, 4.69) is 34.4 Å². The number of aryl methyl sites for hydroxylation is 3. The van der Waals surface area contributed by atoms with Gasteiger partial charge in [0, 0.05) is 30.5 Å². The first-order chi connectivity index (χ1) is 15.1. The van der Waals surface area contributed by atoms with Crippen LogP contribution in [-0.2, 0) is 23.3 Å². The SMILES string of the molecule is Cc1ccc(NC(=O)Nc2ncc(CCS(=O)(=O)c3nccn3C)s2)c(OCC(C)C)c1. The van der Waals surface area contributed by atoms with Crippen LogP contribution in [0.15, 0.2) is 41.9 Å². The highest BCUT2D eigenvalue weighted by atomic mass is 32.2. The molecule has 3 aromatic rings. The number of aromatic nitrogens is 3. The second-order valence-electron chi connectivity index (χ2n) is 7.80. The molecule has 11 heteroatoms. The summed E-state index contributed by atoms with van der Waals surface area (Å²) >= 11 is 1.23. The summed E-state index contributed by atoms with van der Waals surface area (Å²) in [6, 6.07) is 5.10. The van der Waals surface area contributed by atoms with Gasteiger partial charge in [-0.25, -0.2) is 23.2 Å². The van der Waals surface area contributed by atoms with Crippen molar-refractivity contribution < 1.29 is 17.9 Å². The Balaban J connectivity index is 1.59. The van der Waals surface area contributed by atoms with Crippen molar-refractivity contribution in [3.05, 3.63) is 47.2 Å². The lowest BCUT2D eigenvalue weighted by Gasteiger charge is -2.14. The fourth-order valence-corrected chi connectivity index (χ4v) is 5.15. The predicted molar refractivity (Wildman–Crippen MR) is 125 cm³/mol. The number of benzene rings is 1. The van der Waals surface area contributed by atoms with Crippen LogP contribution >= 0.6 is 11.3 Å². The fraction of sp³-hybridized carbons (Fsp3) is 0.381. The van der Waals surface area contributed by atoms with Gasteiger partial charge in [0.05, 0.1) is 18.0 Å². The van der Waals surface area contributed by atoms with E-state index in [0.29, 0.717) is 29.1 Å². The number of imidazole rings is 1. The average molecular weight is 478 g/mol. The molecule has 1 aromatic carbocycles. The maximum absolute atomic E-state index is 12.5. The lowest BCUT2D eigenvalue weighted by atomic mass is 10.2. The van der Waals surface area contributed by atoms with E-state index >= 15 is 0 Å². The zero-order valence-corrected chi connectivity index (χ0v) is 20.1. The fourth-order valence-electron chi connectivity index (χ4n) is 2.82. The highest BCUT2D eigenvalue weighted by molar-refractivity contribution is 7.91. The van der Waals surface area contributed by atoms with Gasteiger partial charge in [-0.05, 0) is 37.0 Å². The van der Waals surface area contributed by atoms with Crippen LogP contribution in [0.4, 0.5) is 15.6 Å². The standard InChI is InChI=1S/C21H27N5O4S2/c1-14(2)13-30-18-11-15(3)5-6-17(18)24-19(27)25-20-23-12-16(31-20)7-10-32(28,29)21-22-8-9-26(21)4/h5-6,8-9,11-12,14H,7,10,13H2,1-4H3,(H2,23,24,25,27). The van der Waals surface area contributed by atoms with Crippen molar-refractivity contribution >= 4 is 38.0 Å². The molecule has 0 radical (unpaired) electrons. The van der Waals surface area contributed by atoms with Gasteiger partial charge in [0.25, 0.3) is 0 Å². The Hall–Kier alpha value is -2.92. The van der Waals surface area contributed by atoms with Gasteiger partial charge in [0.15, 0.2) is 5.13 Å². The number of ether oxygens (including phenoxy) is 1. The lowest BCUT2D eigenvalue weighted by Crippen LogP contribution is -2.20. The van der Waals surface area contributed by atoms with Gasteiger partial charge in [-0.1, -0.05) is 19.9 Å². The molecule has 2 amide bonds. The molecule has 0 saturated heterocycles. The summed E-state index contributed by atoms with van der Waals surface area (Å²) in [6.45, 7) is 6.60. The summed E-state index contributed by atoms with van der Waals surface area (Å²) in [4.78, 5) is 21.3. The van der Waals surface area contributed by atoms with Crippen LogP contribution < -0.4 is 15.4 Å². The number of amides is 2. The number of carbonyl (C=O) groups excluding carboxylic acids is 1. The summed E-state index contributed by atoms with van der Waals surface area (Å²) in [5.41, 5.74) is 1.59. The first-order valence-electron chi connectivity index (χ1n) is 10.1. The van der Waals surface area contributed by atoms with E-state index in [-0.39, 0.29) is 17.3 Å². The molecule has 0 fully saturated rings. The number of nitrogens with zero attached hydrogens (tertiary/aromatic N) is 3. The Kier molecular flexibility index (Phi) is 7.52. The van der Waals surface area contributed by atoms with E-state index in [4.69, 9.17) is 4.74 Å². The highest BCUT2D eigenvalue weighted by Crippen LogP contribution is 2.27. The predicted octanol–water partition coefficient (Wildman–Crippen LogP) is 3.88. The first-order valence-corrected chi connectivity index (χ1v) is 12.6. The number of hydrogen-bond donors (Lipinski definition) is 2. The molecule has 172 valence electrons. The maximum atomic E-state index is 12.5. The molecule has 32 heavy (non-hydrogen) atoms. The Labute approximate surface area is 191 Å². The van der Waals surface area contributed by atoms with Crippen molar-refractivity contribution in [2.45, 2.75) is 32.3 Å². The van der Waals surface area contributed by atoms with Crippen LogP contribution in [0.1, 0.15) is 24.3 Å². The quantitative estimate of drug-likeness (QED) is 0.483. The van der Waals surface area contributed by atoms with Crippen LogP contribution in [0.2, 0.25) is 0 Å². The second kappa shape index (κ2) is 10.1. The van der Waals surface area contributed by atoms with Gasteiger partial charge in [-0.15, -0.1) is 11.3 Å². The van der Waals surface area contributed by atoms with Gasteiger partial charge >= 0.3 is 6.03 Å². The van der Waals surface area contributed by atoms with Crippen LogP contribution in [0.25, 0.3) is 0 Å². The smallest absolute Gasteiger partial charge is 0.325 e. The number of hydrogen-bond acceptors (Lipinski definition) is 7. The molecule has 0 bridgehead atoms. The van der Waals surface area contributed by atoms with Crippen molar-refractivity contribution in [3.8, 4) is 5.75 Å².